The first-order chi connectivity index (χ1) is 17.0. The Hall–Kier alpha value is -3.35. The molecule has 3 aliphatic rings. The molecule has 1 heterocycles. The van der Waals surface area contributed by atoms with Gasteiger partial charge in [0.2, 0.25) is 5.91 Å². The van der Waals surface area contributed by atoms with Crippen molar-refractivity contribution in [3.05, 3.63) is 59.7 Å². The van der Waals surface area contributed by atoms with E-state index in [-0.39, 0.29) is 42.9 Å². The van der Waals surface area contributed by atoms with Gasteiger partial charge in [-0.05, 0) is 54.4 Å². The number of carbonyl (C=O) groups excluding carboxylic acids is 2. The van der Waals surface area contributed by atoms with Gasteiger partial charge in [-0.15, -0.1) is 0 Å². The number of nitrogens with zero attached hydrogens (tertiary/aromatic N) is 1. The number of ether oxygens (including phenoxy) is 1. The minimum Gasteiger partial charge on any atom is -0.481 e. The van der Waals surface area contributed by atoms with Gasteiger partial charge in [0, 0.05) is 24.5 Å². The zero-order valence-electron chi connectivity index (χ0n) is 19.8. The fourth-order valence-electron chi connectivity index (χ4n) is 6.14. The molecule has 35 heavy (non-hydrogen) atoms. The van der Waals surface area contributed by atoms with E-state index in [4.69, 9.17) is 4.74 Å². The molecular weight excluding hydrogens is 444 g/mol. The molecule has 2 aromatic carbocycles. The summed E-state index contributed by atoms with van der Waals surface area (Å²) in [5.41, 5.74) is 4.67. The number of rotatable bonds is 6. The van der Waals surface area contributed by atoms with Crippen molar-refractivity contribution in [3.63, 3.8) is 0 Å². The molecule has 5 rings (SSSR count). The second-order valence-corrected chi connectivity index (χ2v) is 9.89. The molecule has 1 saturated carbocycles. The fraction of sp³-hybridized carbons (Fsp3) is 0.464. The van der Waals surface area contributed by atoms with Gasteiger partial charge in [-0.25, -0.2) is 4.79 Å². The van der Waals surface area contributed by atoms with Crippen molar-refractivity contribution in [2.75, 3.05) is 13.2 Å². The Morgan fingerprint density at radius 2 is 1.60 bits per heavy atom. The van der Waals surface area contributed by atoms with Gasteiger partial charge in [0.05, 0.1) is 12.3 Å². The van der Waals surface area contributed by atoms with Gasteiger partial charge >= 0.3 is 12.1 Å². The normalized spacial score (nSPS) is 23.4. The van der Waals surface area contributed by atoms with Crippen LogP contribution in [0.5, 0.6) is 0 Å². The molecule has 1 aliphatic heterocycles. The molecule has 2 aromatic rings. The number of aliphatic carboxylic acids is 1. The summed E-state index contributed by atoms with van der Waals surface area (Å²) in [6.07, 6.45) is 4.28. The Morgan fingerprint density at radius 3 is 2.29 bits per heavy atom. The van der Waals surface area contributed by atoms with Crippen LogP contribution in [0.15, 0.2) is 48.5 Å². The zero-order chi connectivity index (χ0) is 24.4. The van der Waals surface area contributed by atoms with Gasteiger partial charge in [-0.1, -0.05) is 55.0 Å². The summed E-state index contributed by atoms with van der Waals surface area (Å²) in [7, 11) is 0. The molecule has 2 amide bonds. The van der Waals surface area contributed by atoms with E-state index in [0.717, 1.165) is 43.2 Å². The summed E-state index contributed by atoms with van der Waals surface area (Å²) < 4.78 is 5.70. The van der Waals surface area contributed by atoms with E-state index in [1.807, 2.05) is 24.3 Å². The minimum absolute atomic E-state index is 0.0146. The fourth-order valence-corrected chi connectivity index (χ4v) is 6.14. The van der Waals surface area contributed by atoms with Crippen molar-refractivity contribution < 1.29 is 24.2 Å². The molecule has 184 valence electrons. The number of fused-ring (bicyclic) bond motifs is 3. The van der Waals surface area contributed by atoms with Crippen LogP contribution in [-0.4, -0.2) is 53.2 Å². The van der Waals surface area contributed by atoms with Crippen molar-refractivity contribution in [3.8, 4) is 11.1 Å². The molecule has 1 saturated heterocycles. The predicted octanol–water partition coefficient (Wildman–Crippen LogP) is 4.55. The van der Waals surface area contributed by atoms with Crippen molar-refractivity contribution in [1.29, 1.82) is 0 Å². The van der Waals surface area contributed by atoms with Crippen LogP contribution in [0.1, 0.15) is 62.0 Å². The summed E-state index contributed by atoms with van der Waals surface area (Å²) in [5.74, 6) is -1.25. The van der Waals surface area contributed by atoms with Crippen molar-refractivity contribution in [2.24, 2.45) is 5.92 Å². The summed E-state index contributed by atoms with van der Waals surface area (Å²) >= 11 is 0. The van der Waals surface area contributed by atoms with Crippen LogP contribution >= 0.6 is 0 Å². The first-order valence-electron chi connectivity index (χ1n) is 12.7. The highest BCUT2D eigenvalue weighted by molar-refractivity contribution is 5.82. The zero-order valence-corrected chi connectivity index (χ0v) is 19.8. The molecule has 3 atom stereocenters. The first-order valence-corrected chi connectivity index (χ1v) is 12.7. The topological polar surface area (TPSA) is 95.9 Å². The van der Waals surface area contributed by atoms with Gasteiger partial charge in [0.25, 0.3) is 0 Å². The van der Waals surface area contributed by atoms with Gasteiger partial charge in [0.15, 0.2) is 0 Å². The average Bonchev–Trinajstić information content (AvgIpc) is 3.45. The summed E-state index contributed by atoms with van der Waals surface area (Å²) in [4.78, 5) is 39.2. The highest BCUT2D eigenvalue weighted by Crippen LogP contribution is 2.44. The maximum Gasteiger partial charge on any atom is 0.407 e. The quantitative estimate of drug-likeness (QED) is 0.638. The lowest BCUT2D eigenvalue weighted by molar-refractivity contribution is -0.144. The second-order valence-electron chi connectivity index (χ2n) is 9.89. The minimum atomic E-state index is -0.880. The van der Waals surface area contributed by atoms with E-state index in [1.54, 1.807) is 4.90 Å². The number of nitrogens with one attached hydrogen (secondary N) is 1. The number of carboxylic acid groups (broad SMARTS) is 1. The predicted molar refractivity (Wildman–Crippen MR) is 131 cm³/mol. The Balaban J connectivity index is 1.22. The third-order valence-corrected chi connectivity index (χ3v) is 7.80. The second kappa shape index (κ2) is 10.1. The number of amides is 2. The van der Waals surface area contributed by atoms with Crippen LogP contribution in [0.3, 0.4) is 0 Å². The standard InChI is InChI=1S/C28H32N2O5/c31-26(32)16-18-8-5-6-15-30(18)27(33)23-13-7-14-25(23)29-28(34)35-17-24-21-11-3-1-9-19(21)20-10-2-4-12-22(20)24/h1-4,9-12,18,23-25H,5-8,13-17H2,(H,29,34)(H,31,32)/t18-,23?,25?/m0/s1. The number of benzene rings is 2. The molecule has 2 fully saturated rings. The van der Waals surface area contributed by atoms with Gasteiger partial charge < -0.3 is 20.1 Å². The summed E-state index contributed by atoms with van der Waals surface area (Å²) in [6, 6.07) is 15.9. The third-order valence-electron chi connectivity index (χ3n) is 7.80. The number of likely N-dealkylation sites (tertiary alicyclic amines) is 1. The Bertz CT molecular complexity index is 1070. The van der Waals surface area contributed by atoms with E-state index in [2.05, 4.69) is 29.6 Å². The summed E-state index contributed by atoms with van der Waals surface area (Å²) in [6.45, 7) is 0.822. The van der Waals surface area contributed by atoms with E-state index in [1.165, 1.54) is 11.1 Å². The molecule has 7 nitrogen and oxygen atoms in total. The van der Waals surface area contributed by atoms with E-state index >= 15 is 0 Å². The van der Waals surface area contributed by atoms with Crippen molar-refractivity contribution in [1.82, 2.24) is 10.2 Å². The number of piperidine rings is 1. The van der Waals surface area contributed by atoms with Crippen LogP contribution in [0.2, 0.25) is 0 Å². The molecule has 7 heteroatoms. The number of carboxylic acids is 1. The van der Waals surface area contributed by atoms with Gasteiger partial charge in [-0.3, -0.25) is 9.59 Å². The van der Waals surface area contributed by atoms with Gasteiger partial charge in [-0.2, -0.15) is 0 Å². The molecular formula is C28H32N2O5. The van der Waals surface area contributed by atoms with Gasteiger partial charge in [0.1, 0.15) is 6.61 Å². The van der Waals surface area contributed by atoms with E-state index in [0.29, 0.717) is 13.0 Å². The Labute approximate surface area is 205 Å². The lowest BCUT2D eigenvalue weighted by Gasteiger charge is -2.37. The summed E-state index contributed by atoms with van der Waals surface area (Å²) in [5, 5.41) is 12.2. The highest BCUT2D eigenvalue weighted by atomic mass is 16.5. The highest BCUT2D eigenvalue weighted by Gasteiger charge is 2.40. The number of hydrogen-bond acceptors (Lipinski definition) is 4. The molecule has 0 radical (unpaired) electrons. The van der Waals surface area contributed by atoms with Crippen LogP contribution in [-0.2, 0) is 14.3 Å². The van der Waals surface area contributed by atoms with Crippen molar-refractivity contribution >= 4 is 18.0 Å². The molecule has 2 N–H and O–H groups in total. The first kappa shape index (κ1) is 23.4. The number of carbonyl (C=O) groups is 3. The molecule has 0 spiro atoms. The Kier molecular flexibility index (Phi) is 6.75. The molecule has 2 aliphatic carbocycles. The lowest BCUT2D eigenvalue weighted by Crippen LogP contribution is -2.51. The van der Waals surface area contributed by atoms with Crippen molar-refractivity contribution in [2.45, 2.75) is 62.9 Å². The monoisotopic (exact) mass is 476 g/mol. The Morgan fingerprint density at radius 1 is 0.914 bits per heavy atom. The van der Waals surface area contributed by atoms with Crippen LogP contribution in [0, 0.1) is 5.92 Å². The van der Waals surface area contributed by atoms with E-state index < -0.39 is 12.1 Å². The van der Waals surface area contributed by atoms with Crippen LogP contribution in [0.4, 0.5) is 4.79 Å². The average molecular weight is 477 g/mol. The maximum atomic E-state index is 13.4. The molecule has 0 bridgehead atoms. The number of alkyl carbamates (subject to hydrolysis) is 1. The van der Waals surface area contributed by atoms with E-state index in [9.17, 15) is 19.5 Å². The third kappa shape index (κ3) is 4.77. The SMILES string of the molecule is O=C(O)C[C@@H]1CCCCN1C(=O)C1CCCC1NC(=O)OCC1c2ccccc2-c2ccccc21. The van der Waals surface area contributed by atoms with Crippen LogP contribution in [0.25, 0.3) is 11.1 Å². The largest absolute Gasteiger partial charge is 0.481 e. The molecule has 2 unspecified atom stereocenters. The smallest absolute Gasteiger partial charge is 0.407 e. The number of hydrogen-bond donors (Lipinski definition) is 2. The molecule has 0 aromatic heterocycles. The van der Waals surface area contributed by atoms with Crippen LogP contribution < -0.4 is 5.32 Å². The lowest BCUT2D eigenvalue weighted by atomic mass is 9.95. The maximum absolute atomic E-state index is 13.4.